The predicted octanol–water partition coefficient (Wildman–Crippen LogP) is -0.633. The topological polar surface area (TPSA) is 90.0 Å². The molecule has 0 bridgehead atoms. The first kappa shape index (κ1) is 12.2. The highest BCUT2D eigenvalue weighted by molar-refractivity contribution is 7.89. The lowest BCUT2D eigenvalue weighted by Gasteiger charge is -2.03. The van der Waals surface area contributed by atoms with Crippen molar-refractivity contribution in [3.63, 3.8) is 0 Å². The molecule has 3 N–H and O–H groups in total. The predicted molar refractivity (Wildman–Crippen MR) is 57.0 cm³/mol. The molecule has 1 aromatic heterocycles. The van der Waals surface area contributed by atoms with Crippen LogP contribution in [0.4, 0.5) is 0 Å². The fourth-order valence-electron chi connectivity index (χ4n) is 1.53. The van der Waals surface area contributed by atoms with E-state index in [1.54, 1.807) is 18.5 Å². The van der Waals surface area contributed by atoms with Gasteiger partial charge in [-0.15, -0.1) is 0 Å². The molecule has 0 aliphatic rings. The molecule has 0 aliphatic carbocycles. The van der Waals surface area contributed by atoms with Gasteiger partial charge in [0.15, 0.2) is 0 Å². The number of aryl methyl sites for hydroxylation is 1. The Morgan fingerprint density at radius 3 is 2.47 bits per heavy atom. The summed E-state index contributed by atoms with van der Waals surface area (Å²) in [6, 6.07) is 0. The Hall–Kier alpha value is -0.920. The van der Waals surface area contributed by atoms with E-state index in [1.807, 2.05) is 7.05 Å². The van der Waals surface area contributed by atoms with Gasteiger partial charge in [-0.3, -0.25) is 4.68 Å². The third-order valence-corrected chi connectivity index (χ3v) is 3.33. The molecule has 0 fully saturated rings. The summed E-state index contributed by atoms with van der Waals surface area (Å²) in [5.41, 5.74) is 1.04. The molecule has 86 valence electrons. The standard InChI is InChI=1S/C8H16N4O2S/c1-6-8(15(9,13)14)7(2)12(11-6)5-4-10-3/h10H,4-5H2,1-3H3,(H2,9,13,14). The maximum absolute atomic E-state index is 11.3. The summed E-state index contributed by atoms with van der Waals surface area (Å²) in [4.78, 5) is 0.138. The van der Waals surface area contributed by atoms with Gasteiger partial charge in [0.25, 0.3) is 0 Å². The van der Waals surface area contributed by atoms with Crippen molar-refractivity contribution in [2.45, 2.75) is 25.3 Å². The van der Waals surface area contributed by atoms with E-state index < -0.39 is 10.0 Å². The van der Waals surface area contributed by atoms with E-state index in [0.29, 0.717) is 17.9 Å². The number of hydrogen-bond acceptors (Lipinski definition) is 4. The number of likely N-dealkylation sites (N-methyl/N-ethyl adjacent to an activating group) is 1. The van der Waals surface area contributed by atoms with Crippen LogP contribution < -0.4 is 10.5 Å². The molecular formula is C8H16N4O2S. The Balaban J connectivity index is 3.15. The number of hydrogen-bond donors (Lipinski definition) is 2. The first-order valence-electron chi connectivity index (χ1n) is 4.59. The van der Waals surface area contributed by atoms with Crippen molar-refractivity contribution in [1.29, 1.82) is 0 Å². The molecule has 1 aromatic rings. The summed E-state index contributed by atoms with van der Waals surface area (Å²) in [5, 5.41) is 12.2. The van der Waals surface area contributed by atoms with E-state index >= 15 is 0 Å². The van der Waals surface area contributed by atoms with E-state index in [4.69, 9.17) is 5.14 Å². The normalized spacial score (nSPS) is 12.0. The number of nitrogens with one attached hydrogen (secondary N) is 1. The van der Waals surface area contributed by atoms with E-state index in [2.05, 4.69) is 10.4 Å². The van der Waals surface area contributed by atoms with Crippen LogP contribution in [0.5, 0.6) is 0 Å². The number of rotatable bonds is 4. The molecule has 1 rings (SSSR count). The fraction of sp³-hybridized carbons (Fsp3) is 0.625. The lowest BCUT2D eigenvalue weighted by atomic mass is 10.4. The average molecular weight is 232 g/mol. The molecule has 0 atom stereocenters. The van der Waals surface area contributed by atoms with E-state index in [1.165, 1.54) is 0 Å². The highest BCUT2D eigenvalue weighted by atomic mass is 32.2. The Morgan fingerprint density at radius 1 is 1.47 bits per heavy atom. The van der Waals surface area contributed by atoms with Crippen LogP contribution in [0.25, 0.3) is 0 Å². The minimum absolute atomic E-state index is 0.138. The van der Waals surface area contributed by atoms with Gasteiger partial charge in [0.05, 0.1) is 17.9 Å². The van der Waals surface area contributed by atoms with Gasteiger partial charge >= 0.3 is 0 Å². The van der Waals surface area contributed by atoms with E-state index in [-0.39, 0.29) is 4.90 Å². The number of aromatic nitrogens is 2. The van der Waals surface area contributed by atoms with Gasteiger partial charge in [0.1, 0.15) is 4.90 Å². The molecule has 0 amide bonds. The van der Waals surface area contributed by atoms with Crippen molar-refractivity contribution in [2.75, 3.05) is 13.6 Å². The Kier molecular flexibility index (Phi) is 3.48. The van der Waals surface area contributed by atoms with Crippen molar-refractivity contribution in [3.8, 4) is 0 Å². The first-order valence-corrected chi connectivity index (χ1v) is 6.14. The Labute approximate surface area is 89.5 Å². The molecule has 0 saturated heterocycles. The molecule has 0 saturated carbocycles. The Bertz CT molecular complexity index is 449. The third-order valence-electron chi connectivity index (χ3n) is 2.17. The monoisotopic (exact) mass is 232 g/mol. The molecule has 0 aliphatic heterocycles. The zero-order valence-corrected chi connectivity index (χ0v) is 9.93. The van der Waals surface area contributed by atoms with Crippen LogP contribution in [0, 0.1) is 13.8 Å². The van der Waals surface area contributed by atoms with E-state index in [0.717, 1.165) is 6.54 Å². The second-order valence-corrected chi connectivity index (χ2v) is 4.87. The van der Waals surface area contributed by atoms with Crippen LogP contribution in [-0.2, 0) is 16.6 Å². The van der Waals surface area contributed by atoms with Gasteiger partial charge in [0, 0.05) is 6.54 Å². The SMILES string of the molecule is CNCCn1nc(C)c(S(N)(=O)=O)c1C. The first-order chi connectivity index (χ1) is 6.88. The molecule has 0 radical (unpaired) electrons. The molecule has 0 unspecified atom stereocenters. The van der Waals surface area contributed by atoms with Crippen molar-refractivity contribution in [2.24, 2.45) is 5.14 Å². The van der Waals surface area contributed by atoms with Crippen LogP contribution in [-0.4, -0.2) is 31.8 Å². The molecule has 0 spiro atoms. The average Bonchev–Trinajstić information content (AvgIpc) is 2.36. The summed E-state index contributed by atoms with van der Waals surface area (Å²) in [5.74, 6) is 0. The van der Waals surface area contributed by atoms with Crippen molar-refractivity contribution < 1.29 is 8.42 Å². The van der Waals surface area contributed by atoms with Gasteiger partial charge in [-0.2, -0.15) is 5.10 Å². The van der Waals surface area contributed by atoms with Crippen LogP contribution in [0.15, 0.2) is 4.90 Å². The van der Waals surface area contributed by atoms with Crippen LogP contribution >= 0.6 is 0 Å². The van der Waals surface area contributed by atoms with Gasteiger partial charge in [-0.05, 0) is 20.9 Å². The third kappa shape index (κ3) is 2.55. The molecule has 6 nitrogen and oxygen atoms in total. The smallest absolute Gasteiger partial charge is 0.241 e. The molecule has 1 heterocycles. The zero-order chi connectivity index (χ0) is 11.6. The van der Waals surface area contributed by atoms with Crippen LogP contribution in [0.1, 0.15) is 11.4 Å². The fourth-order valence-corrected chi connectivity index (χ4v) is 2.50. The van der Waals surface area contributed by atoms with Crippen molar-refractivity contribution >= 4 is 10.0 Å². The molecule has 15 heavy (non-hydrogen) atoms. The highest BCUT2D eigenvalue weighted by Gasteiger charge is 2.20. The van der Waals surface area contributed by atoms with Crippen LogP contribution in [0.3, 0.4) is 0 Å². The van der Waals surface area contributed by atoms with Gasteiger partial charge in [-0.25, -0.2) is 13.6 Å². The maximum Gasteiger partial charge on any atom is 0.241 e. The van der Waals surface area contributed by atoms with Gasteiger partial charge < -0.3 is 5.32 Å². The largest absolute Gasteiger partial charge is 0.318 e. The van der Waals surface area contributed by atoms with Gasteiger partial charge in [0.2, 0.25) is 10.0 Å². The van der Waals surface area contributed by atoms with Crippen LogP contribution in [0.2, 0.25) is 0 Å². The highest BCUT2D eigenvalue weighted by Crippen LogP contribution is 2.17. The maximum atomic E-state index is 11.3. The van der Waals surface area contributed by atoms with E-state index in [9.17, 15) is 8.42 Å². The second kappa shape index (κ2) is 4.30. The molecule has 0 aromatic carbocycles. The summed E-state index contributed by atoms with van der Waals surface area (Å²) in [7, 11) is -1.85. The summed E-state index contributed by atoms with van der Waals surface area (Å²) in [6.07, 6.45) is 0. The summed E-state index contributed by atoms with van der Waals surface area (Å²) >= 11 is 0. The van der Waals surface area contributed by atoms with Crippen molar-refractivity contribution in [1.82, 2.24) is 15.1 Å². The quantitative estimate of drug-likeness (QED) is 0.723. The lowest BCUT2D eigenvalue weighted by Crippen LogP contribution is -2.18. The van der Waals surface area contributed by atoms with Crippen molar-refractivity contribution in [3.05, 3.63) is 11.4 Å². The number of nitrogens with two attached hydrogens (primary N) is 1. The second-order valence-electron chi connectivity index (χ2n) is 3.37. The molecule has 7 heteroatoms. The minimum atomic E-state index is -3.67. The minimum Gasteiger partial charge on any atom is -0.318 e. The summed E-state index contributed by atoms with van der Waals surface area (Å²) < 4.78 is 24.2. The summed E-state index contributed by atoms with van der Waals surface area (Å²) in [6.45, 7) is 4.70. The van der Waals surface area contributed by atoms with Gasteiger partial charge in [-0.1, -0.05) is 0 Å². The number of primary sulfonamides is 1. The number of sulfonamides is 1. The lowest BCUT2D eigenvalue weighted by molar-refractivity contribution is 0.566. The zero-order valence-electron chi connectivity index (χ0n) is 9.11. The number of nitrogens with zero attached hydrogens (tertiary/aromatic N) is 2. The Morgan fingerprint density at radius 2 is 2.07 bits per heavy atom. The molecular weight excluding hydrogens is 216 g/mol.